The fourth-order valence-electron chi connectivity index (χ4n) is 7.88. The molecule has 0 radical (unpaired) electrons. The van der Waals surface area contributed by atoms with Crippen LogP contribution in [0, 0.1) is 29.6 Å². The van der Waals surface area contributed by atoms with E-state index in [4.69, 9.17) is 9.47 Å². The molecule has 294 valence electrons. The molecule has 3 unspecified atom stereocenters. The van der Waals surface area contributed by atoms with Gasteiger partial charge in [-0.2, -0.15) is 0 Å². The van der Waals surface area contributed by atoms with Crippen molar-refractivity contribution in [1.29, 1.82) is 0 Å². The number of carboxylic acid groups (broad SMARTS) is 1. The number of ether oxygens (including phenoxy) is 2. The van der Waals surface area contributed by atoms with Gasteiger partial charge in [0.25, 0.3) is 0 Å². The Bertz CT molecular complexity index is 1360. The van der Waals surface area contributed by atoms with E-state index in [1.165, 1.54) is 18.4 Å². The van der Waals surface area contributed by atoms with Crippen molar-refractivity contribution in [3.8, 4) is 0 Å². The third kappa shape index (κ3) is 10.3. The number of nitrogens with one attached hydrogen (secondary N) is 3. The fraction of sp³-hybridized carbons (Fsp3) is 0.763. The van der Waals surface area contributed by atoms with Gasteiger partial charge in [0.1, 0.15) is 12.1 Å². The highest BCUT2D eigenvalue weighted by Gasteiger charge is 2.57. The molecule has 3 rings (SSSR count). The van der Waals surface area contributed by atoms with Crippen molar-refractivity contribution in [3.05, 3.63) is 22.4 Å². The van der Waals surface area contributed by atoms with Gasteiger partial charge < -0.3 is 40.3 Å². The minimum atomic E-state index is -1.12. The summed E-state index contributed by atoms with van der Waals surface area (Å²) in [4.78, 5) is 71.6. The average molecular weight is 750 g/mol. The van der Waals surface area contributed by atoms with Gasteiger partial charge in [0.15, 0.2) is 0 Å². The van der Waals surface area contributed by atoms with Crippen LogP contribution in [0.15, 0.2) is 17.5 Å². The van der Waals surface area contributed by atoms with Gasteiger partial charge in [-0.05, 0) is 55.0 Å². The second kappa shape index (κ2) is 19.3. The monoisotopic (exact) mass is 749 g/mol. The Kier molecular flexibility index (Phi) is 16.1. The van der Waals surface area contributed by atoms with Crippen LogP contribution in [-0.4, -0.2) is 121 Å². The van der Waals surface area contributed by atoms with Crippen LogP contribution in [0.4, 0.5) is 0 Å². The zero-order valence-electron chi connectivity index (χ0n) is 32.9. The lowest BCUT2D eigenvalue weighted by Gasteiger charge is -2.41. The number of likely N-dealkylation sites (tertiary alicyclic amines) is 1. The summed E-state index contributed by atoms with van der Waals surface area (Å²) in [6, 6.07) is 0.523. The number of methoxy groups -OCH3 is 2. The first-order valence-electron chi connectivity index (χ1n) is 18.7. The molecule has 2 fully saturated rings. The number of hydrogen-bond donors (Lipinski definition) is 4. The summed E-state index contributed by atoms with van der Waals surface area (Å²) >= 11 is 1.43. The maximum absolute atomic E-state index is 14.3. The maximum atomic E-state index is 14.3. The van der Waals surface area contributed by atoms with Crippen LogP contribution in [0.2, 0.25) is 0 Å². The number of hydrogen-bond acceptors (Lipinski definition) is 9. The molecule has 2 heterocycles. The zero-order valence-corrected chi connectivity index (χ0v) is 33.7. The highest BCUT2D eigenvalue weighted by Crippen LogP contribution is 2.50. The first kappa shape index (κ1) is 43.3. The summed E-state index contributed by atoms with van der Waals surface area (Å²) in [5, 5.41) is 20.4. The van der Waals surface area contributed by atoms with Crippen LogP contribution < -0.4 is 16.0 Å². The first-order chi connectivity index (χ1) is 24.5. The number of amides is 4. The van der Waals surface area contributed by atoms with Crippen LogP contribution in [0.5, 0.6) is 0 Å². The predicted octanol–water partition coefficient (Wildman–Crippen LogP) is 3.16. The van der Waals surface area contributed by atoms with Gasteiger partial charge in [-0.3, -0.25) is 19.2 Å². The van der Waals surface area contributed by atoms with Gasteiger partial charge in [-0.25, -0.2) is 4.79 Å². The van der Waals surface area contributed by atoms with Crippen molar-refractivity contribution in [1.82, 2.24) is 25.8 Å². The van der Waals surface area contributed by atoms with E-state index in [9.17, 15) is 29.1 Å². The van der Waals surface area contributed by atoms with Crippen molar-refractivity contribution in [2.24, 2.45) is 29.6 Å². The number of carbonyl (C=O) groups excluding carboxylic acids is 4. The highest BCUT2D eigenvalue weighted by atomic mass is 32.1. The summed E-state index contributed by atoms with van der Waals surface area (Å²) < 4.78 is 11.9. The highest BCUT2D eigenvalue weighted by molar-refractivity contribution is 7.09. The van der Waals surface area contributed by atoms with Crippen LogP contribution >= 0.6 is 11.3 Å². The number of aliphatic carboxylic acids is 1. The Hall–Kier alpha value is -3.07. The SMILES string of the molecule is CC[C@H](C)C(C(CC(=O)N1[C@H](C(OC)[C@@H](C)C(=O)N[C@@H](Cc2cccs2)C(=O)O)C[C@@H]2C[C@@H]21)OC)N(C)C(=O)[C@@H](NC(=O)[C@@H](NC)C(C)C)C(C)C. The van der Waals surface area contributed by atoms with Gasteiger partial charge in [-0.15, -0.1) is 11.3 Å². The average Bonchev–Trinajstić information content (AvgIpc) is 3.45. The van der Waals surface area contributed by atoms with Gasteiger partial charge in [0, 0.05) is 38.6 Å². The Morgan fingerprint density at radius 2 is 1.63 bits per heavy atom. The minimum absolute atomic E-state index is 0.00957. The maximum Gasteiger partial charge on any atom is 0.326 e. The van der Waals surface area contributed by atoms with E-state index in [-0.39, 0.29) is 60.4 Å². The number of nitrogens with zero attached hydrogens (tertiary/aromatic N) is 2. The molecule has 11 atom stereocenters. The normalized spacial score (nSPS) is 22.8. The smallest absolute Gasteiger partial charge is 0.326 e. The van der Waals surface area contributed by atoms with Crippen LogP contribution in [-0.2, 0) is 39.9 Å². The van der Waals surface area contributed by atoms with Crippen molar-refractivity contribution < 1.29 is 38.6 Å². The van der Waals surface area contributed by atoms with Crippen molar-refractivity contribution in [2.45, 2.75) is 129 Å². The van der Waals surface area contributed by atoms with E-state index in [2.05, 4.69) is 16.0 Å². The van der Waals surface area contributed by atoms with Crippen molar-refractivity contribution in [3.63, 3.8) is 0 Å². The molecule has 52 heavy (non-hydrogen) atoms. The number of likely N-dealkylation sites (N-methyl/N-ethyl adjacent to an activating group) is 2. The zero-order chi connectivity index (χ0) is 39.0. The Balaban J connectivity index is 1.80. The quantitative estimate of drug-likeness (QED) is 0.148. The lowest BCUT2D eigenvalue weighted by molar-refractivity contribution is -0.149. The third-order valence-electron chi connectivity index (χ3n) is 11.2. The van der Waals surface area contributed by atoms with E-state index in [1.54, 1.807) is 33.0 Å². The molecule has 4 N–H and O–H groups in total. The third-order valence-corrected chi connectivity index (χ3v) is 12.1. The molecule has 0 bridgehead atoms. The van der Waals surface area contributed by atoms with Crippen molar-refractivity contribution in [2.75, 3.05) is 28.3 Å². The Labute approximate surface area is 313 Å². The summed E-state index contributed by atoms with van der Waals surface area (Å²) in [6.45, 7) is 13.5. The largest absolute Gasteiger partial charge is 0.480 e. The Morgan fingerprint density at radius 1 is 0.981 bits per heavy atom. The molecule has 1 aromatic rings. The topological polar surface area (TPSA) is 167 Å². The molecule has 4 amide bonds. The van der Waals surface area contributed by atoms with E-state index in [0.717, 1.165) is 17.7 Å². The van der Waals surface area contributed by atoms with E-state index in [0.29, 0.717) is 12.3 Å². The molecule has 1 aliphatic heterocycles. The molecule has 1 aliphatic carbocycles. The molecular formula is C38H63N5O8S. The number of piperidine rings is 1. The Morgan fingerprint density at radius 3 is 2.13 bits per heavy atom. The summed E-state index contributed by atoms with van der Waals surface area (Å²) in [5.41, 5.74) is 0. The standard InChI is InChI=1S/C38H63N5O8S/c1-12-22(6)33(42(9)37(47)32(21(4)5)41-36(46)31(39-8)20(2)3)29(50-10)19-30(44)43-27-16-24(27)17-28(43)34(51-11)23(7)35(45)40-26(38(48)49)18-25-14-13-15-52-25/h13-15,20-24,26-29,31-34,39H,12,16-19H2,1-11H3,(H,40,45)(H,41,46)(H,48,49)/t22-,23+,24-,26-,27-,28-,29?,31-,32-,33?,34?/m0/s1. The lowest BCUT2D eigenvalue weighted by atomic mass is 9.89. The number of fused-ring (bicyclic) bond motifs is 1. The number of carbonyl (C=O) groups is 5. The lowest BCUT2D eigenvalue weighted by Crippen LogP contribution is -2.59. The molecule has 0 spiro atoms. The van der Waals surface area contributed by atoms with E-state index < -0.39 is 54.2 Å². The second-order valence-corrected chi connectivity index (χ2v) is 16.4. The van der Waals surface area contributed by atoms with E-state index >= 15 is 0 Å². The molecular weight excluding hydrogens is 687 g/mol. The second-order valence-electron chi connectivity index (χ2n) is 15.4. The van der Waals surface area contributed by atoms with Gasteiger partial charge in [0.05, 0.1) is 42.7 Å². The van der Waals surface area contributed by atoms with Crippen LogP contribution in [0.25, 0.3) is 0 Å². The van der Waals surface area contributed by atoms with Gasteiger partial charge in [-0.1, -0.05) is 61.0 Å². The van der Waals surface area contributed by atoms with Crippen molar-refractivity contribution >= 4 is 40.9 Å². The van der Waals surface area contributed by atoms with Gasteiger partial charge in [0.2, 0.25) is 23.6 Å². The molecule has 0 aromatic carbocycles. The predicted molar refractivity (Wildman–Crippen MR) is 201 cm³/mol. The van der Waals surface area contributed by atoms with Gasteiger partial charge >= 0.3 is 5.97 Å². The molecule has 1 saturated carbocycles. The molecule has 2 aliphatic rings. The van der Waals surface area contributed by atoms with Crippen LogP contribution in [0.3, 0.4) is 0 Å². The number of thiophene rings is 1. The minimum Gasteiger partial charge on any atom is -0.480 e. The van der Waals surface area contributed by atoms with Crippen LogP contribution in [0.1, 0.15) is 79.0 Å². The summed E-state index contributed by atoms with van der Waals surface area (Å²) in [5.74, 6) is -2.84. The molecule has 1 saturated heterocycles. The molecule has 1 aromatic heterocycles. The molecule has 13 nitrogen and oxygen atoms in total. The number of carboxylic acids is 1. The number of rotatable bonds is 21. The summed E-state index contributed by atoms with van der Waals surface area (Å²) in [6.07, 6.45) is 1.15. The fourth-order valence-corrected chi connectivity index (χ4v) is 8.64. The van der Waals surface area contributed by atoms with E-state index in [1.807, 2.05) is 64.0 Å². The first-order valence-corrected chi connectivity index (χ1v) is 19.6. The summed E-state index contributed by atoms with van der Waals surface area (Å²) in [7, 11) is 6.51. The molecule has 14 heteroatoms.